The van der Waals surface area contributed by atoms with E-state index in [-0.39, 0.29) is 10.8 Å². The van der Waals surface area contributed by atoms with Crippen LogP contribution in [0.5, 0.6) is 0 Å². The third-order valence-electron chi connectivity index (χ3n) is 4.01. The van der Waals surface area contributed by atoms with Gasteiger partial charge in [-0.1, -0.05) is 17.8 Å². The second-order valence-corrected chi connectivity index (χ2v) is 8.89. The van der Waals surface area contributed by atoms with Crippen LogP contribution in [0.1, 0.15) is 18.0 Å². The maximum atomic E-state index is 12.7. The van der Waals surface area contributed by atoms with Crippen molar-refractivity contribution in [2.45, 2.75) is 17.3 Å². The summed E-state index contributed by atoms with van der Waals surface area (Å²) in [6.45, 7) is 1.97. The summed E-state index contributed by atoms with van der Waals surface area (Å²) >= 11 is 4.54. The molecule has 5 rings (SSSR count). The van der Waals surface area contributed by atoms with Gasteiger partial charge < -0.3 is 4.98 Å². The molecule has 134 valence electrons. The molecule has 0 aliphatic heterocycles. The zero-order valence-electron chi connectivity index (χ0n) is 14.0. The molecule has 0 bridgehead atoms. The maximum Gasteiger partial charge on any atom is 0.260 e. The Morgan fingerprint density at radius 1 is 1.26 bits per heavy atom. The Bertz CT molecular complexity index is 1270. The van der Waals surface area contributed by atoms with Crippen molar-refractivity contribution >= 4 is 50.4 Å². The summed E-state index contributed by atoms with van der Waals surface area (Å²) in [5.74, 6) is 1.16. The van der Waals surface area contributed by atoms with Crippen LogP contribution in [-0.2, 0) is 0 Å². The number of nitrogens with zero attached hydrogens (tertiary/aromatic N) is 5. The van der Waals surface area contributed by atoms with E-state index in [4.69, 9.17) is 0 Å². The Morgan fingerprint density at radius 3 is 3.00 bits per heavy atom. The van der Waals surface area contributed by atoms with Crippen molar-refractivity contribution in [1.82, 2.24) is 29.5 Å². The van der Waals surface area contributed by atoms with Crippen LogP contribution < -0.4 is 5.56 Å². The van der Waals surface area contributed by atoms with Gasteiger partial charge in [-0.2, -0.15) is 4.98 Å². The van der Waals surface area contributed by atoms with E-state index in [9.17, 15) is 4.79 Å². The van der Waals surface area contributed by atoms with E-state index in [1.165, 1.54) is 23.1 Å². The maximum absolute atomic E-state index is 12.7. The number of aromatic nitrogens is 6. The van der Waals surface area contributed by atoms with E-state index in [2.05, 4.69) is 25.0 Å². The molecule has 1 N–H and O–H groups in total. The monoisotopic (exact) mass is 412 g/mol. The van der Waals surface area contributed by atoms with Gasteiger partial charge in [-0.15, -0.1) is 27.8 Å². The fraction of sp³-hybridized carbons (Fsp3) is 0.118. The van der Waals surface area contributed by atoms with Gasteiger partial charge in [0.1, 0.15) is 10.7 Å². The molecule has 0 aliphatic rings. The molecule has 5 aromatic heterocycles. The lowest BCUT2D eigenvalue weighted by Crippen LogP contribution is -2.12. The van der Waals surface area contributed by atoms with Crippen molar-refractivity contribution in [2.24, 2.45) is 0 Å². The number of nitrogens with one attached hydrogen (secondary N) is 1. The number of thiophene rings is 2. The van der Waals surface area contributed by atoms with Crippen molar-refractivity contribution < 1.29 is 0 Å². The molecule has 0 aliphatic carbocycles. The Labute approximate surface area is 165 Å². The highest BCUT2D eigenvalue weighted by atomic mass is 32.2. The van der Waals surface area contributed by atoms with Crippen LogP contribution in [0.2, 0.25) is 0 Å². The highest BCUT2D eigenvalue weighted by molar-refractivity contribution is 7.99. The smallest absolute Gasteiger partial charge is 0.260 e. The molecular formula is C17H12N6OS3. The fourth-order valence-electron chi connectivity index (χ4n) is 2.75. The number of H-pyrrole nitrogens is 1. The van der Waals surface area contributed by atoms with Crippen molar-refractivity contribution in [3.05, 3.63) is 57.5 Å². The van der Waals surface area contributed by atoms with E-state index < -0.39 is 0 Å². The van der Waals surface area contributed by atoms with Gasteiger partial charge in [0.05, 0.1) is 10.6 Å². The third-order valence-corrected chi connectivity index (χ3v) is 6.75. The standard InChI is InChI=1S/C17H12N6OS3/c1-9(27-17-21-16-18-5-3-6-23(16)22-17)13-19-14(24)12-10(8-26-15(12)20-13)11-4-2-7-25-11/h2-9H,1H3,(H,19,20,24)/t9-/m0/s1. The van der Waals surface area contributed by atoms with Gasteiger partial charge in [-0.3, -0.25) is 4.79 Å². The minimum absolute atomic E-state index is 0.105. The molecule has 0 radical (unpaired) electrons. The number of hydrogen-bond donors (Lipinski definition) is 1. The Hall–Kier alpha value is -2.56. The summed E-state index contributed by atoms with van der Waals surface area (Å²) in [6.07, 6.45) is 3.48. The summed E-state index contributed by atoms with van der Waals surface area (Å²) in [4.78, 5) is 30.7. The highest BCUT2D eigenvalue weighted by Crippen LogP contribution is 2.35. The first-order valence-electron chi connectivity index (χ1n) is 8.08. The van der Waals surface area contributed by atoms with Crippen molar-refractivity contribution in [2.75, 3.05) is 0 Å². The van der Waals surface area contributed by atoms with Crippen LogP contribution in [0.15, 0.2) is 51.3 Å². The van der Waals surface area contributed by atoms with Gasteiger partial charge in [-0.25, -0.2) is 14.5 Å². The molecule has 10 heteroatoms. The summed E-state index contributed by atoms with van der Waals surface area (Å²) in [6, 6.07) is 5.80. The zero-order chi connectivity index (χ0) is 18.4. The van der Waals surface area contributed by atoms with Crippen LogP contribution >= 0.6 is 34.4 Å². The van der Waals surface area contributed by atoms with E-state index in [1.54, 1.807) is 34.3 Å². The van der Waals surface area contributed by atoms with E-state index >= 15 is 0 Å². The molecule has 0 saturated carbocycles. The number of fused-ring (bicyclic) bond motifs is 2. The van der Waals surface area contributed by atoms with Crippen molar-refractivity contribution in [1.29, 1.82) is 0 Å². The second kappa shape index (κ2) is 6.55. The molecule has 27 heavy (non-hydrogen) atoms. The molecule has 5 aromatic rings. The Balaban J connectivity index is 1.50. The lowest BCUT2D eigenvalue weighted by molar-refractivity contribution is 0.866. The van der Waals surface area contributed by atoms with E-state index in [0.717, 1.165) is 15.3 Å². The zero-order valence-corrected chi connectivity index (χ0v) is 16.4. The lowest BCUT2D eigenvalue weighted by Gasteiger charge is -2.07. The van der Waals surface area contributed by atoms with Crippen LogP contribution in [0.25, 0.3) is 26.4 Å². The first kappa shape index (κ1) is 16.6. The normalized spacial score (nSPS) is 12.8. The SMILES string of the molecule is C[C@H](Sc1nc2ncccn2n1)c1nc2scc(-c3cccs3)c2c(=O)[nH]1. The molecule has 1 atom stereocenters. The fourth-order valence-corrected chi connectivity index (χ4v) is 5.33. The van der Waals surface area contributed by atoms with Gasteiger partial charge in [-0.05, 0) is 24.4 Å². The molecular weight excluding hydrogens is 400 g/mol. The minimum atomic E-state index is -0.114. The first-order chi connectivity index (χ1) is 13.2. The summed E-state index contributed by atoms with van der Waals surface area (Å²) < 4.78 is 1.63. The molecule has 0 fully saturated rings. The molecule has 0 saturated heterocycles. The van der Waals surface area contributed by atoms with Gasteiger partial charge in [0.25, 0.3) is 11.3 Å². The number of rotatable bonds is 4. The second-order valence-electron chi connectivity index (χ2n) is 5.78. The van der Waals surface area contributed by atoms with E-state index in [0.29, 0.717) is 22.1 Å². The number of thioether (sulfide) groups is 1. The largest absolute Gasteiger partial charge is 0.309 e. The lowest BCUT2D eigenvalue weighted by atomic mass is 10.2. The van der Waals surface area contributed by atoms with Crippen LogP contribution in [0, 0.1) is 0 Å². The number of aromatic amines is 1. The summed E-state index contributed by atoms with van der Waals surface area (Å²) in [5, 5.41) is 9.53. The van der Waals surface area contributed by atoms with Gasteiger partial charge in [0, 0.05) is 28.2 Å². The predicted molar refractivity (Wildman–Crippen MR) is 109 cm³/mol. The van der Waals surface area contributed by atoms with E-state index in [1.807, 2.05) is 29.8 Å². The Kier molecular flexibility index (Phi) is 4.03. The predicted octanol–water partition coefficient (Wildman–Crippen LogP) is 4.00. The van der Waals surface area contributed by atoms with Crippen LogP contribution in [-0.4, -0.2) is 29.5 Å². The average molecular weight is 413 g/mol. The third kappa shape index (κ3) is 2.95. The van der Waals surface area contributed by atoms with Gasteiger partial charge in [0.2, 0.25) is 5.16 Å². The first-order valence-corrected chi connectivity index (χ1v) is 10.7. The summed E-state index contributed by atoms with van der Waals surface area (Å²) in [7, 11) is 0. The molecule has 0 amide bonds. The quantitative estimate of drug-likeness (QED) is 0.449. The van der Waals surface area contributed by atoms with Crippen LogP contribution in [0.4, 0.5) is 0 Å². The van der Waals surface area contributed by atoms with Crippen molar-refractivity contribution in [3.63, 3.8) is 0 Å². The Morgan fingerprint density at radius 2 is 2.19 bits per heavy atom. The van der Waals surface area contributed by atoms with Gasteiger partial charge in [0.15, 0.2) is 0 Å². The highest BCUT2D eigenvalue weighted by Gasteiger charge is 2.18. The molecule has 7 nitrogen and oxygen atoms in total. The molecule has 0 unspecified atom stereocenters. The average Bonchev–Trinajstić information content (AvgIpc) is 3.39. The molecule has 0 aromatic carbocycles. The van der Waals surface area contributed by atoms with Crippen molar-refractivity contribution in [3.8, 4) is 10.4 Å². The topological polar surface area (TPSA) is 88.8 Å². The summed E-state index contributed by atoms with van der Waals surface area (Å²) in [5.41, 5.74) is 0.829. The molecule has 0 spiro atoms. The number of hydrogen-bond acceptors (Lipinski definition) is 8. The van der Waals surface area contributed by atoms with Crippen LogP contribution in [0.3, 0.4) is 0 Å². The minimum Gasteiger partial charge on any atom is -0.309 e. The van der Waals surface area contributed by atoms with Gasteiger partial charge >= 0.3 is 0 Å². The molecule has 5 heterocycles.